The Kier molecular flexibility index (Phi) is 4.52. The van der Waals surface area contributed by atoms with E-state index < -0.39 is 0 Å². The number of hydrogen-bond donors (Lipinski definition) is 2. The SMILES string of the molecule is CC1c2cn[nH]c2CCC1C(=O)NC(c1ccccc1)c1ccncc1. The van der Waals surface area contributed by atoms with Gasteiger partial charge in [-0.05, 0) is 47.6 Å². The second kappa shape index (κ2) is 7.12. The molecule has 1 aromatic carbocycles. The van der Waals surface area contributed by atoms with E-state index in [1.807, 2.05) is 48.7 Å². The van der Waals surface area contributed by atoms with Gasteiger partial charge in [0.2, 0.25) is 5.91 Å². The van der Waals surface area contributed by atoms with E-state index in [4.69, 9.17) is 0 Å². The number of nitrogens with one attached hydrogen (secondary N) is 2. The minimum atomic E-state index is -0.176. The molecule has 0 radical (unpaired) electrons. The summed E-state index contributed by atoms with van der Waals surface area (Å²) >= 11 is 0. The molecule has 3 unspecified atom stereocenters. The molecule has 5 heteroatoms. The molecule has 2 aromatic heterocycles. The lowest BCUT2D eigenvalue weighted by Gasteiger charge is -2.30. The van der Waals surface area contributed by atoms with Gasteiger partial charge in [-0.3, -0.25) is 14.9 Å². The Balaban J connectivity index is 1.59. The van der Waals surface area contributed by atoms with Crippen LogP contribution in [0.3, 0.4) is 0 Å². The van der Waals surface area contributed by atoms with E-state index in [1.54, 1.807) is 12.4 Å². The fraction of sp³-hybridized carbons (Fsp3) is 0.286. The van der Waals surface area contributed by atoms with Crippen molar-refractivity contribution >= 4 is 5.91 Å². The predicted octanol–water partition coefficient (Wildman–Crippen LogP) is 3.38. The van der Waals surface area contributed by atoms with Crippen LogP contribution in [0, 0.1) is 5.92 Å². The Hall–Kier alpha value is -2.95. The summed E-state index contributed by atoms with van der Waals surface area (Å²) in [4.78, 5) is 17.2. The number of H-pyrrole nitrogens is 1. The quantitative estimate of drug-likeness (QED) is 0.761. The molecule has 2 N–H and O–H groups in total. The van der Waals surface area contributed by atoms with E-state index in [2.05, 4.69) is 27.4 Å². The molecule has 0 fully saturated rings. The average Bonchev–Trinajstić information content (AvgIpc) is 3.17. The number of rotatable bonds is 4. The van der Waals surface area contributed by atoms with Crippen LogP contribution in [0.1, 0.15) is 47.7 Å². The molecular weight excluding hydrogens is 324 g/mol. The second-order valence-electron chi connectivity index (χ2n) is 6.87. The van der Waals surface area contributed by atoms with E-state index in [0.717, 1.165) is 35.2 Å². The average molecular weight is 346 g/mol. The molecule has 4 rings (SSSR count). The lowest BCUT2D eigenvalue weighted by Crippen LogP contribution is -2.38. The van der Waals surface area contributed by atoms with Crippen LogP contribution in [0.25, 0.3) is 0 Å². The highest BCUT2D eigenvalue weighted by atomic mass is 16.2. The van der Waals surface area contributed by atoms with E-state index >= 15 is 0 Å². The van der Waals surface area contributed by atoms with Gasteiger partial charge in [0, 0.05) is 24.0 Å². The minimum absolute atomic E-state index is 0.0480. The first kappa shape index (κ1) is 16.5. The predicted molar refractivity (Wildman–Crippen MR) is 99.5 cm³/mol. The highest BCUT2D eigenvalue weighted by Crippen LogP contribution is 2.35. The normalized spacial score (nSPS) is 20.2. The van der Waals surface area contributed by atoms with Crippen molar-refractivity contribution in [1.29, 1.82) is 0 Å². The van der Waals surface area contributed by atoms with Crippen molar-refractivity contribution in [3.63, 3.8) is 0 Å². The van der Waals surface area contributed by atoms with E-state index in [-0.39, 0.29) is 23.8 Å². The van der Waals surface area contributed by atoms with E-state index in [0.29, 0.717) is 0 Å². The van der Waals surface area contributed by atoms with Crippen molar-refractivity contribution < 1.29 is 4.79 Å². The van der Waals surface area contributed by atoms with Crippen molar-refractivity contribution in [2.24, 2.45) is 5.92 Å². The summed E-state index contributed by atoms with van der Waals surface area (Å²) in [5.41, 5.74) is 4.43. The van der Waals surface area contributed by atoms with Crippen molar-refractivity contribution in [2.45, 2.75) is 31.7 Å². The first-order valence-electron chi connectivity index (χ1n) is 9.01. The minimum Gasteiger partial charge on any atom is -0.345 e. The van der Waals surface area contributed by atoms with Gasteiger partial charge in [0.15, 0.2) is 0 Å². The summed E-state index contributed by atoms with van der Waals surface area (Å²) in [6.07, 6.45) is 7.08. The number of hydrogen-bond acceptors (Lipinski definition) is 3. The van der Waals surface area contributed by atoms with Gasteiger partial charge in [0.25, 0.3) is 0 Å². The summed E-state index contributed by atoms with van der Waals surface area (Å²) in [6.45, 7) is 2.11. The largest absolute Gasteiger partial charge is 0.345 e. The summed E-state index contributed by atoms with van der Waals surface area (Å²) in [5.74, 6) is 0.203. The Morgan fingerprint density at radius 2 is 1.88 bits per heavy atom. The number of carbonyl (C=O) groups excluding carboxylic acids is 1. The molecule has 0 bridgehead atoms. The number of carbonyl (C=O) groups is 1. The van der Waals surface area contributed by atoms with Crippen LogP contribution >= 0.6 is 0 Å². The monoisotopic (exact) mass is 346 g/mol. The molecule has 5 nitrogen and oxygen atoms in total. The number of nitrogens with zero attached hydrogens (tertiary/aromatic N) is 2. The van der Waals surface area contributed by atoms with Gasteiger partial charge in [-0.15, -0.1) is 0 Å². The molecule has 0 saturated heterocycles. The number of aromatic nitrogens is 3. The number of benzene rings is 1. The van der Waals surface area contributed by atoms with Gasteiger partial charge in [0.1, 0.15) is 0 Å². The Bertz CT molecular complexity index is 836. The third-order valence-electron chi connectivity index (χ3n) is 5.35. The fourth-order valence-electron chi connectivity index (χ4n) is 3.85. The standard InChI is InChI=1S/C21H22N4O/c1-14-17(7-8-19-18(14)13-23-25-19)21(26)24-20(15-5-3-2-4-6-15)16-9-11-22-12-10-16/h2-6,9-14,17,20H,7-8H2,1H3,(H,23,25)(H,24,26). The lowest BCUT2D eigenvalue weighted by molar-refractivity contribution is -0.126. The van der Waals surface area contributed by atoms with Gasteiger partial charge in [0.05, 0.1) is 12.2 Å². The van der Waals surface area contributed by atoms with Crippen molar-refractivity contribution in [3.8, 4) is 0 Å². The maximum absolute atomic E-state index is 13.1. The zero-order valence-electron chi connectivity index (χ0n) is 14.7. The zero-order valence-corrected chi connectivity index (χ0v) is 14.7. The highest BCUT2D eigenvalue weighted by Gasteiger charge is 2.33. The number of aryl methyl sites for hydroxylation is 1. The lowest BCUT2D eigenvalue weighted by atomic mass is 9.78. The molecule has 0 aliphatic heterocycles. The maximum atomic E-state index is 13.1. The van der Waals surface area contributed by atoms with Crippen LogP contribution in [0.4, 0.5) is 0 Å². The van der Waals surface area contributed by atoms with E-state index in [1.165, 1.54) is 0 Å². The van der Waals surface area contributed by atoms with Crippen LogP contribution < -0.4 is 5.32 Å². The summed E-state index contributed by atoms with van der Waals surface area (Å²) in [7, 11) is 0. The summed E-state index contributed by atoms with van der Waals surface area (Å²) < 4.78 is 0. The van der Waals surface area contributed by atoms with Crippen LogP contribution in [-0.4, -0.2) is 21.1 Å². The van der Waals surface area contributed by atoms with Crippen LogP contribution in [-0.2, 0) is 11.2 Å². The molecule has 3 atom stereocenters. The number of fused-ring (bicyclic) bond motifs is 1. The summed E-state index contributed by atoms with van der Waals surface area (Å²) in [6, 6.07) is 13.8. The van der Waals surface area contributed by atoms with Crippen molar-refractivity contribution in [2.75, 3.05) is 0 Å². The number of aromatic amines is 1. The molecule has 1 aliphatic carbocycles. The fourth-order valence-corrected chi connectivity index (χ4v) is 3.85. The number of amides is 1. The third-order valence-corrected chi connectivity index (χ3v) is 5.35. The van der Waals surface area contributed by atoms with Gasteiger partial charge in [-0.1, -0.05) is 37.3 Å². The Morgan fingerprint density at radius 3 is 2.65 bits per heavy atom. The van der Waals surface area contributed by atoms with Gasteiger partial charge in [-0.2, -0.15) is 5.10 Å². The summed E-state index contributed by atoms with van der Waals surface area (Å²) in [5, 5.41) is 10.5. The topological polar surface area (TPSA) is 70.7 Å². The molecule has 1 amide bonds. The van der Waals surface area contributed by atoms with Crippen molar-refractivity contribution in [1.82, 2.24) is 20.5 Å². The van der Waals surface area contributed by atoms with E-state index in [9.17, 15) is 4.79 Å². The Morgan fingerprint density at radius 1 is 1.15 bits per heavy atom. The molecule has 0 saturated carbocycles. The second-order valence-corrected chi connectivity index (χ2v) is 6.87. The van der Waals surface area contributed by atoms with Crippen LogP contribution in [0.15, 0.2) is 61.1 Å². The first-order valence-corrected chi connectivity index (χ1v) is 9.01. The van der Waals surface area contributed by atoms with Gasteiger partial charge in [-0.25, -0.2) is 0 Å². The smallest absolute Gasteiger partial charge is 0.224 e. The molecule has 3 aromatic rings. The third kappa shape index (κ3) is 3.12. The Labute approximate surface area is 152 Å². The van der Waals surface area contributed by atoms with Gasteiger partial charge < -0.3 is 5.32 Å². The molecule has 132 valence electrons. The van der Waals surface area contributed by atoms with Crippen LogP contribution in [0.2, 0.25) is 0 Å². The maximum Gasteiger partial charge on any atom is 0.224 e. The highest BCUT2D eigenvalue weighted by molar-refractivity contribution is 5.81. The molecule has 2 heterocycles. The van der Waals surface area contributed by atoms with Crippen LogP contribution in [0.5, 0.6) is 0 Å². The van der Waals surface area contributed by atoms with Gasteiger partial charge >= 0.3 is 0 Å². The molecule has 0 spiro atoms. The zero-order chi connectivity index (χ0) is 17.9. The van der Waals surface area contributed by atoms with Crippen molar-refractivity contribution in [3.05, 3.63) is 83.4 Å². The first-order chi connectivity index (χ1) is 12.7. The molecule has 26 heavy (non-hydrogen) atoms. The molecular formula is C21H22N4O. The molecule has 1 aliphatic rings. The number of pyridine rings is 1.